The lowest BCUT2D eigenvalue weighted by atomic mass is 9.78. The lowest BCUT2D eigenvalue weighted by Gasteiger charge is -2.29. The van der Waals surface area contributed by atoms with Gasteiger partial charge in [0.2, 0.25) is 0 Å². The third-order valence-corrected chi connectivity index (χ3v) is 4.28. The van der Waals surface area contributed by atoms with Crippen LogP contribution < -0.4 is 10.1 Å². The Morgan fingerprint density at radius 1 is 1.29 bits per heavy atom. The molecule has 0 aromatic heterocycles. The van der Waals surface area contributed by atoms with Crippen LogP contribution in [0.25, 0.3) is 0 Å². The summed E-state index contributed by atoms with van der Waals surface area (Å²) in [6.07, 6.45) is 1.05. The minimum atomic E-state index is -0.219. The fourth-order valence-corrected chi connectivity index (χ4v) is 2.81. The molecule has 2 nitrogen and oxygen atoms in total. The first-order valence-corrected chi connectivity index (χ1v) is 7.36. The van der Waals surface area contributed by atoms with Crippen LogP contribution in [0.2, 0.25) is 0 Å². The first kappa shape index (κ1) is 14.1. The quantitative estimate of drug-likeness (QED) is 0.901. The summed E-state index contributed by atoms with van der Waals surface area (Å²) in [5.41, 5.74) is 3.42. The highest BCUT2D eigenvalue weighted by molar-refractivity contribution is 5.40. The van der Waals surface area contributed by atoms with Crippen molar-refractivity contribution < 1.29 is 9.13 Å². The second-order valence-electron chi connectivity index (χ2n) is 5.60. The fourth-order valence-electron chi connectivity index (χ4n) is 2.81. The number of fused-ring (bicyclic) bond motifs is 1. The molecule has 0 spiro atoms. The fraction of sp³-hybridized carbons (Fsp3) is 0.333. The number of benzene rings is 2. The first-order chi connectivity index (χ1) is 10.2. The molecule has 110 valence electrons. The Labute approximate surface area is 125 Å². The SMILES string of the molecule is CNC(C)c1ccc(OCC2Cc3ccccc32)cc1F. The van der Waals surface area contributed by atoms with E-state index in [2.05, 4.69) is 29.6 Å². The Morgan fingerprint density at radius 3 is 2.81 bits per heavy atom. The molecular formula is C18H20FNO. The topological polar surface area (TPSA) is 21.3 Å². The van der Waals surface area contributed by atoms with Gasteiger partial charge in [0.25, 0.3) is 0 Å². The van der Waals surface area contributed by atoms with Crippen molar-refractivity contribution in [3.05, 3.63) is 65.0 Å². The van der Waals surface area contributed by atoms with Crippen molar-refractivity contribution in [3.63, 3.8) is 0 Å². The van der Waals surface area contributed by atoms with E-state index in [1.54, 1.807) is 6.07 Å². The molecular weight excluding hydrogens is 265 g/mol. The molecule has 1 N–H and O–H groups in total. The molecule has 0 radical (unpaired) electrons. The molecule has 2 aromatic carbocycles. The molecule has 2 atom stereocenters. The lowest BCUT2D eigenvalue weighted by Crippen LogP contribution is -2.23. The van der Waals surface area contributed by atoms with Gasteiger partial charge in [-0.3, -0.25) is 0 Å². The highest BCUT2D eigenvalue weighted by Gasteiger charge is 2.25. The molecule has 0 saturated heterocycles. The zero-order chi connectivity index (χ0) is 14.8. The van der Waals surface area contributed by atoms with Crippen molar-refractivity contribution in [2.75, 3.05) is 13.7 Å². The van der Waals surface area contributed by atoms with E-state index in [4.69, 9.17) is 4.74 Å². The number of hydrogen-bond donors (Lipinski definition) is 1. The van der Waals surface area contributed by atoms with Gasteiger partial charge >= 0.3 is 0 Å². The molecule has 3 heteroatoms. The van der Waals surface area contributed by atoms with Crippen LogP contribution in [-0.2, 0) is 6.42 Å². The van der Waals surface area contributed by atoms with Crippen molar-refractivity contribution in [3.8, 4) is 5.75 Å². The Balaban J connectivity index is 1.63. The van der Waals surface area contributed by atoms with E-state index < -0.39 is 0 Å². The van der Waals surface area contributed by atoms with Crippen LogP contribution in [0, 0.1) is 5.82 Å². The third kappa shape index (κ3) is 2.79. The van der Waals surface area contributed by atoms with Crippen molar-refractivity contribution in [1.82, 2.24) is 5.32 Å². The second-order valence-corrected chi connectivity index (χ2v) is 5.60. The van der Waals surface area contributed by atoms with Crippen LogP contribution in [0.5, 0.6) is 5.75 Å². The Morgan fingerprint density at radius 2 is 2.10 bits per heavy atom. The van der Waals surface area contributed by atoms with E-state index in [1.165, 1.54) is 17.2 Å². The van der Waals surface area contributed by atoms with E-state index in [9.17, 15) is 4.39 Å². The Bertz CT molecular complexity index is 641. The van der Waals surface area contributed by atoms with Gasteiger partial charge in [0.15, 0.2) is 0 Å². The van der Waals surface area contributed by atoms with Gasteiger partial charge in [-0.15, -0.1) is 0 Å². The van der Waals surface area contributed by atoms with Crippen LogP contribution in [0.15, 0.2) is 42.5 Å². The molecule has 2 unspecified atom stereocenters. The predicted octanol–water partition coefficient (Wildman–Crippen LogP) is 3.82. The zero-order valence-electron chi connectivity index (χ0n) is 12.4. The normalized spacial score (nSPS) is 17.8. The van der Waals surface area contributed by atoms with Gasteiger partial charge in [-0.25, -0.2) is 4.39 Å². The maximum atomic E-state index is 14.0. The number of halogens is 1. The summed E-state index contributed by atoms with van der Waals surface area (Å²) in [5.74, 6) is 0.812. The largest absolute Gasteiger partial charge is 0.493 e. The highest BCUT2D eigenvalue weighted by Crippen LogP contribution is 2.35. The van der Waals surface area contributed by atoms with E-state index in [-0.39, 0.29) is 11.9 Å². The van der Waals surface area contributed by atoms with E-state index in [1.807, 2.05) is 20.0 Å². The summed E-state index contributed by atoms with van der Waals surface area (Å²) in [5, 5.41) is 3.04. The van der Waals surface area contributed by atoms with Gasteiger partial charge in [0.1, 0.15) is 11.6 Å². The molecule has 0 amide bonds. The predicted molar refractivity (Wildman–Crippen MR) is 82.3 cm³/mol. The standard InChI is InChI=1S/C18H20FNO/c1-12(20-2)16-8-7-15(10-18(16)19)21-11-14-9-13-5-3-4-6-17(13)14/h3-8,10,12,14,20H,9,11H2,1-2H3. The summed E-state index contributed by atoms with van der Waals surface area (Å²) in [6, 6.07) is 13.5. The Hall–Kier alpha value is -1.87. The molecule has 0 fully saturated rings. The smallest absolute Gasteiger partial charge is 0.131 e. The molecule has 2 aromatic rings. The number of hydrogen-bond acceptors (Lipinski definition) is 2. The molecule has 21 heavy (non-hydrogen) atoms. The molecule has 0 aliphatic heterocycles. The van der Waals surface area contributed by atoms with Crippen molar-refractivity contribution in [1.29, 1.82) is 0 Å². The summed E-state index contributed by atoms with van der Waals surface area (Å²) in [4.78, 5) is 0. The Kier molecular flexibility index (Phi) is 3.93. The van der Waals surface area contributed by atoms with Crippen molar-refractivity contribution in [2.45, 2.75) is 25.3 Å². The lowest BCUT2D eigenvalue weighted by molar-refractivity contribution is 0.274. The average molecular weight is 285 g/mol. The number of nitrogens with one attached hydrogen (secondary N) is 1. The molecule has 0 saturated carbocycles. The van der Waals surface area contributed by atoms with Crippen molar-refractivity contribution in [2.24, 2.45) is 0 Å². The molecule has 0 heterocycles. The maximum absolute atomic E-state index is 14.0. The first-order valence-electron chi connectivity index (χ1n) is 7.36. The van der Waals surface area contributed by atoms with Gasteiger partial charge in [-0.05, 0) is 37.6 Å². The monoisotopic (exact) mass is 285 g/mol. The van der Waals surface area contributed by atoms with Crippen LogP contribution in [0.1, 0.15) is 35.6 Å². The van der Waals surface area contributed by atoms with Gasteiger partial charge in [-0.2, -0.15) is 0 Å². The van der Waals surface area contributed by atoms with Gasteiger partial charge < -0.3 is 10.1 Å². The molecule has 1 aliphatic rings. The highest BCUT2D eigenvalue weighted by atomic mass is 19.1. The second kappa shape index (κ2) is 5.86. The van der Waals surface area contributed by atoms with Gasteiger partial charge in [-0.1, -0.05) is 30.3 Å². The summed E-state index contributed by atoms with van der Waals surface area (Å²) < 4.78 is 19.8. The third-order valence-electron chi connectivity index (χ3n) is 4.28. The zero-order valence-corrected chi connectivity index (χ0v) is 12.4. The van der Waals surface area contributed by atoms with Crippen LogP contribution >= 0.6 is 0 Å². The van der Waals surface area contributed by atoms with E-state index in [0.717, 1.165) is 6.42 Å². The average Bonchev–Trinajstić information content (AvgIpc) is 2.47. The molecule has 0 bridgehead atoms. The minimum Gasteiger partial charge on any atom is -0.493 e. The van der Waals surface area contributed by atoms with Gasteiger partial charge in [0, 0.05) is 23.6 Å². The van der Waals surface area contributed by atoms with E-state index >= 15 is 0 Å². The molecule has 3 rings (SSSR count). The van der Waals surface area contributed by atoms with Crippen LogP contribution in [0.4, 0.5) is 4.39 Å². The van der Waals surface area contributed by atoms with Gasteiger partial charge in [0.05, 0.1) is 6.61 Å². The molecule has 1 aliphatic carbocycles. The summed E-state index contributed by atoms with van der Waals surface area (Å²) in [6.45, 7) is 2.54. The van der Waals surface area contributed by atoms with Crippen LogP contribution in [-0.4, -0.2) is 13.7 Å². The number of ether oxygens (including phenoxy) is 1. The van der Waals surface area contributed by atoms with Crippen LogP contribution in [0.3, 0.4) is 0 Å². The summed E-state index contributed by atoms with van der Waals surface area (Å²) >= 11 is 0. The van der Waals surface area contributed by atoms with Crippen molar-refractivity contribution >= 4 is 0 Å². The van der Waals surface area contributed by atoms with E-state index in [0.29, 0.717) is 23.8 Å². The minimum absolute atomic E-state index is 0.00226. The summed E-state index contributed by atoms with van der Waals surface area (Å²) in [7, 11) is 1.82. The maximum Gasteiger partial charge on any atom is 0.131 e. The number of rotatable bonds is 5.